The molecule has 2 aliphatic rings. The Morgan fingerprint density at radius 3 is 2.45 bits per heavy atom. The van der Waals surface area contributed by atoms with Crippen molar-refractivity contribution < 1.29 is 39.8 Å². The van der Waals surface area contributed by atoms with Gasteiger partial charge in [0.15, 0.2) is 0 Å². The van der Waals surface area contributed by atoms with Crippen LogP contribution in [0.15, 0.2) is 0 Å². The van der Waals surface area contributed by atoms with Crippen LogP contribution in [0.25, 0.3) is 0 Å². The molecular formula is C11H19NO8. The summed E-state index contributed by atoms with van der Waals surface area (Å²) in [7, 11) is 0. The van der Waals surface area contributed by atoms with Crippen LogP contribution >= 0.6 is 0 Å². The molecule has 2 heterocycles. The summed E-state index contributed by atoms with van der Waals surface area (Å²) in [5.41, 5.74) is 0. The second-order valence-corrected chi connectivity index (χ2v) is 4.98. The highest BCUT2D eigenvalue weighted by Crippen LogP contribution is 2.22. The second-order valence-electron chi connectivity index (χ2n) is 4.98. The summed E-state index contributed by atoms with van der Waals surface area (Å²) in [6.45, 7) is -0.339. The fourth-order valence-electron chi connectivity index (χ4n) is 2.26. The maximum Gasteiger partial charge on any atom is 0.325 e. The molecule has 9 nitrogen and oxygen atoms in total. The molecule has 0 spiro atoms. The Balaban J connectivity index is 1.95. The Morgan fingerprint density at radius 2 is 1.90 bits per heavy atom. The Morgan fingerprint density at radius 1 is 1.20 bits per heavy atom. The third-order valence-electron chi connectivity index (χ3n) is 3.47. The van der Waals surface area contributed by atoms with Crippen molar-refractivity contribution in [1.82, 2.24) is 5.32 Å². The van der Waals surface area contributed by atoms with E-state index in [-0.39, 0.29) is 13.0 Å². The lowest BCUT2D eigenvalue weighted by Crippen LogP contribution is -2.60. The quantitative estimate of drug-likeness (QED) is 0.287. The van der Waals surface area contributed by atoms with E-state index >= 15 is 0 Å². The first-order valence-corrected chi connectivity index (χ1v) is 6.36. The van der Waals surface area contributed by atoms with Gasteiger partial charge < -0.3 is 40.3 Å². The van der Waals surface area contributed by atoms with Gasteiger partial charge in [0.2, 0.25) is 6.29 Å². The molecule has 6 N–H and O–H groups in total. The topological polar surface area (TPSA) is 149 Å². The largest absolute Gasteiger partial charge is 0.432 e. The summed E-state index contributed by atoms with van der Waals surface area (Å²) in [4.78, 5) is 11.8. The van der Waals surface area contributed by atoms with Crippen molar-refractivity contribution >= 4 is 5.97 Å². The fourth-order valence-corrected chi connectivity index (χ4v) is 2.26. The van der Waals surface area contributed by atoms with Crippen molar-refractivity contribution in [3.8, 4) is 0 Å². The number of carbonyl (C=O) groups excluding carboxylic acids is 1. The maximum atomic E-state index is 11.8. The number of aliphatic hydroxyl groups is 5. The van der Waals surface area contributed by atoms with Gasteiger partial charge >= 0.3 is 5.97 Å². The zero-order valence-corrected chi connectivity index (χ0v) is 10.6. The number of esters is 1. The molecule has 0 aliphatic carbocycles. The molecule has 116 valence electrons. The van der Waals surface area contributed by atoms with Crippen molar-refractivity contribution in [1.29, 1.82) is 0 Å². The summed E-state index contributed by atoms with van der Waals surface area (Å²) in [6, 6.07) is -0.725. The van der Waals surface area contributed by atoms with E-state index in [4.69, 9.17) is 14.6 Å². The van der Waals surface area contributed by atoms with Gasteiger partial charge in [-0.3, -0.25) is 4.79 Å². The number of nitrogens with one attached hydrogen (secondary N) is 1. The molecule has 7 unspecified atom stereocenters. The molecule has 0 amide bonds. The fraction of sp³-hybridized carbons (Fsp3) is 0.909. The van der Waals surface area contributed by atoms with E-state index in [0.717, 1.165) is 0 Å². The van der Waals surface area contributed by atoms with E-state index in [1.165, 1.54) is 0 Å². The van der Waals surface area contributed by atoms with Gasteiger partial charge in [-0.1, -0.05) is 0 Å². The Bertz CT molecular complexity index is 351. The number of rotatable bonds is 3. The lowest BCUT2D eigenvalue weighted by molar-refractivity contribution is -0.293. The normalized spacial score (nSPS) is 45.4. The first-order chi connectivity index (χ1) is 9.43. The molecule has 0 aromatic carbocycles. The summed E-state index contributed by atoms with van der Waals surface area (Å²) in [5, 5.41) is 49.9. The second kappa shape index (κ2) is 6.31. The average molecular weight is 293 g/mol. The van der Waals surface area contributed by atoms with Gasteiger partial charge in [0, 0.05) is 13.0 Å². The molecule has 0 aromatic heterocycles. The van der Waals surface area contributed by atoms with Crippen LogP contribution < -0.4 is 5.32 Å². The third-order valence-corrected chi connectivity index (χ3v) is 3.47. The Kier molecular flexibility index (Phi) is 4.91. The van der Waals surface area contributed by atoms with Crippen molar-refractivity contribution in [2.45, 2.75) is 49.3 Å². The van der Waals surface area contributed by atoms with Crippen LogP contribution in [-0.4, -0.2) is 87.5 Å². The van der Waals surface area contributed by atoms with Gasteiger partial charge in [-0.25, -0.2) is 0 Å². The molecule has 0 aromatic rings. The van der Waals surface area contributed by atoms with Crippen LogP contribution in [0.2, 0.25) is 0 Å². The van der Waals surface area contributed by atoms with Crippen LogP contribution in [0.1, 0.15) is 6.42 Å². The van der Waals surface area contributed by atoms with E-state index in [0.29, 0.717) is 0 Å². The van der Waals surface area contributed by atoms with Crippen molar-refractivity contribution in [2.75, 3.05) is 13.2 Å². The molecular weight excluding hydrogens is 274 g/mol. The van der Waals surface area contributed by atoms with Crippen LogP contribution in [0, 0.1) is 0 Å². The van der Waals surface area contributed by atoms with Gasteiger partial charge in [-0.05, 0) is 0 Å². The molecule has 0 bridgehead atoms. The lowest BCUT2D eigenvalue weighted by atomic mass is 9.99. The zero-order chi connectivity index (χ0) is 14.9. The standard InChI is InChI=1S/C11H19NO8/c13-3-6-7(15)8(16)9(17)11(19-6)20-10(18)5-1-4(14)2-12-5/h4-9,11-17H,1-3H2. The minimum Gasteiger partial charge on any atom is -0.432 e. The van der Waals surface area contributed by atoms with E-state index in [1.54, 1.807) is 0 Å². The summed E-state index contributed by atoms with van der Waals surface area (Å²) in [5.74, 6) is -0.745. The predicted octanol–water partition coefficient (Wildman–Crippen LogP) is -3.95. The summed E-state index contributed by atoms with van der Waals surface area (Å²) >= 11 is 0. The number of aliphatic hydroxyl groups excluding tert-OH is 5. The smallest absolute Gasteiger partial charge is 0.325 e. The third kappa shape index (κ3) is 3.09. The Hall–Kier alpha value is -0.810. The van der Waals surface area contributed by atoms with Crippen LogP contribution in [-0.2, 0) is 14.3 Å². The van der Waals surface area contributed by atoms with E-state index in [1.807, 2.05) is 0 Å². The van der Waals surface area contributed by atoms with Crippen molar-refractivity contribution in [2.24, 2.45) is 0 Å². The number of carbonyl (C=O) groups is 1. The molecule has 7 atom stereocenters. The molecule has 20 heavy (non-hydrogen) atoms. The van der Waals surface area contributed by atoms with E-state index < -0.39 is 55.4 Å². The first kappa shape index (κ1) is 15.6. The van der Waals surface area contributed by atoms with E-state index in [2.05, 4.69) is 5.32 Å². The van der Waals surface area contributed by atoms with Crippen LogP contribution in [0.3, 0.4) is 0 Å². The monoisotopic (exact) mass is 293 g/mol. The molecule has 2 aliphatic heterocycles. The molecule has 2 fully saturated rings. The molecule has 2 rings (SSSR count). The van der Waals surface area contributed by atoms with Crippen LogP contribution in [0.4, 0.5) is 0 Å². The predicted molar refractivity (Wildman–Crippen MR) is 62.3 cm³/mol. The molecule has 0 radical (unpaired) electrons. The number of β-amino-alcohol motifs (C(OH)–C–C–N with tert-alkyl or cyclic N) is 1. The lowest BCUT2D eigenvalue weighted by Gasteiger charge is -2.39. The average Bonchev–Trinajstić information content (AvgIpc) is 2.86. The highest BCUT2D eigenvalue weighted by molar-refractivity contribution is 5.76. The molecule has 0 saturated carbocycles. The number of hydrogen-bond acceptors (Lipinski definition) is 9. The van der Waals surface area contributed by atoms with Crippen LogP contribution in [0.5, 0.6) is 0 Å². The van der Waals surface area contributed by atoms with Gasteiger partial charge in [0.25, 0.3) is 0 Å². The minimum atomic E-state index is -1.62. The Labute approximate surface area is 114 Å². The number of ether oxygens (including phenoxy) is 2. The van der Waals surface area contributed by atoms with Crippen molar-refractivity contribution in [3.05, 3.63) is 0 Å². The number of hydrogen-bond donors (Lipinski definition) is 6. The highest BCUT2D eigenvalue weighted by atomic mass is 16.7. The van der Waals surface area contributed by atoms with Gasteiger partial charge in [0.05, 0.1) is 12.7 Å². The SMILES string of the molecule is O=C(OC1OC(CO)C(O)C(O)C1O)C1CC(O)CN1. The van der Waals surface area contributed by atoms with E-state index in [9.17, 15) is 25.2 Å². The van der Waals surface area contributed by atoms with Gasteiger partial charge in [0.1, 0.15) is 30.5 Å². The first-order valence-electron chi connectivity index (χ1n) is 6.36. The van der Waals surface area contributed by atoms with Gasteiger partial charge in [-0.15, -0.1) is 0 Å². The maximum absolute atomic E-state index is 11.8. The zero-order valence-electron chi connectivity index (χ0n) is 10.6. The van der Waals surface area contributed by atoms with Crippen molar-refractivity contribution in [3.63, 3.8) is 0 Å². The molecule has 2 saturated heterocycles. The highest BCUT2D eigenvalue weighted by Gasteiger charge is 2.46. The summed E-state index contributed by atoms with van der Waals surface area (Å²) in [6.07, 6.45) is -7.82. The van der Waals surface area contributed by atoms with Gasteiger partial charge in [-0.2, -0.15) is 0 Å². The molecule has 9 heteroatoms. The summed E-state index contributed by atoms with van der Waals surface area (Å²) < 4.78 is 9.96. The minimum absolute atomic E-state index is 0.177.